The molecule has 18 heavy (non-hydrogen) atoms. The summed E-state index contributed by atoms with van der Waals surface area (Å²) in [5.74, 6) is -0.206. The Bertz CT molecular complexity index is 717. The molecule has 2 N–H and O–H groups in total. The molecule has 0 aliphatic carbocycles. The van der Waals surface area contributed by atoms with Gasteiger partial charge >= 0.3 is 0 Å². The van der Waals surface area contributed by atoms with E-state index in [4.69, 9.17) is 0 Å². The van der Waals surface area contributed by atoms with Crippen LogP contribution in [0.5, 0.6) is 0 Å². The quantitative estimate of drug-likeness (QED) is 0.737. The van der Waals surface area contributed by atoms with Gasteiger partial charge in [-0.2, -0.15) is 5.10 Å². The van der Waals surface area contributed by atoms with Crippen molar-refractivity contribution in [2.75, 3.05) is 5.32 Å². The highest BCUT2D eigenvalue weighted by Gasteiger charge is 2.10. The third-order valence-electron chi connectivity index (χ3n) is 2.45. The molecule has 7 heteroatoms. The molecule has 0 atom stereocenters. The number of nitrogens with one attached hydrogen (secondary N) is 2. The van der Waals surface area contributed by atoms with Gasteiger partial charge in [0.2, 0.25) is 5.13 Å². The maximum absolute atomic E-state index is 12.0. The van der Waals surface area contributed by atoms with Crippen molar-refractivity contribution >= 4 is 33.3 Å². The van der Waals surface area contributed by atoms with Crippen LogP contribution in [0.15, 0.2) is 24.4 Å². The van der Waals surface area contributed by atoms with Gasteiger partial charge in [0, 0.05) is 10.9 Å². The number of fused-ring (bicyclic) bond motifs is 1. The summed E-state index contributed by atoms with van der Waals surface area (Å²) in [6.07, 6.45) is 1.71. The number of anilines is 1. The Balaban J connectivity index is 1.87. The van der Waals surface area contributed by atoms with Crippen molar-refractivity contribution in [3.8, 4) is 0 Å². The van der Waals surface area contributed by atoms with Crippen molar-refractivity contribution in [3.63, 3.8) is 0 Å². The standard InChI is InChI=1S/C11H9N5OS/c1-6-14-16-11(18-6)13-10(17)7-2-3-8-5-12-15-9(8)4-7/h2-5H,1H3,(H,12,15)(H,13,16,17). The van der Waals surface area contributed by atoms with E-state index in [1.807, 2.05) is 13.0 Å². The summed E-state index contributed by atoms with van der Waals surface area (Å²) < 4.78 is 0. The highest BCUT2D eigenvalue weighted by atomic mass is 32.1. The van der Waals surface area contributed by atoms with E-state index in [-0.39, 0.29) is 5.91 Å². The topological polar surface area (TPSA) is 83.6 Å². The van der Waals surface area contributed by atoms with Crippen LogP contribution in [0.3, 0.4) is 0 Å². The molecule has 0 unspecified atom stereocenters. The Kier molecular flexibility index (Phi) is 2.52. The molecule has 90 valence electrons. The first-order valence-electron chi connectivity index (χ1n) is 5.27. The number of benzene rings is 1. The van der Waals surface area contributed by atoms with Crippen molar-refractivity contribution in [1.82, 2.24) is 20.4 Å². The zero-order valence-electron chi connectivity index (χ0n) is 9.47. The van der Waals surface area contributed by atoms with Crippen LogP contribution in [-0.4, -0.2) is 26.3 Å². The van der Waals surface area contributed by atoms with Gasteiger partial charge in [-0.25, -0.2) is 0 Å². The number of hydrogen-bond donors (Lipinski definition) is 2. The second-order valence-electron chi connectivity index (χ2n) is 3.75. The first-order chi connectivity index (χ1) is 8.72. The molecule has 1 aromatic carbocycles. The third-order valence-corrected chi connectivity index (χ3v) is 3.20. The average Bonchev–Trinajstić information content (AvgIpc) is 2.96. The van der Waals surface area contributed by atoms with Gasteiger partial charge in [0.15, 0.2) is 0 Å². The largest absolute Gasteiger partial charge is 0.296 e. The number of nitrogens with zero attached hydrogens (tertiary/aromatic N) is 3. The normalized spacial score (nSPS) is 10.7. The second-order valence-corrected chi connectivity index (χ2v) is 4.93. The minimum Gasteiger partial charge on any atom is -0.296 e. The molecule has 0 fully saturated rings. The predicted octanol–water partition coefficient (Wildman–Crippen LogP) is 1.98. The fourth-order valence-corrected chi connectivity index (χ4v) is 2.18. The molecular weight excluding hydrogens is 250 g/mol. The van der Waals surface area contributed by atoms with E-state index in [1.54, 1.807) is 18.3 Å². The van der Waals surface area contributed by atoms with E-state index in [0.717, 1.165) is 15.9 Å². The van der Waals surface area contributed by atoms with E-state index < -0.39 is 0 Å². The van der Waals surface area contributed by atoms with Crippen LogP contribution in [0.4, 0.5) is 5.13 Å². The maximum atomic E-state index is 12.0. The fourth-order valence-electron chi connectivity index (χ4n) is 1.59. The number of aryl methyl sites for hydroxylation is 1. The second kappa shape index (κ2) is 4.19. The van der Waals surface area contributed by atoms with Crippen molar-refractivity contribution < 1.29 is 4.79 Å². The molecule has 2 aromatic heterocycles. The molecule has 0 spiro atoms. The first kappa shape index (κ1) is 10.8. The lowest BCUT2D eigenvalue weighted by molar-refractivity contribution is 0.102. The molecule has 0 saturated heterocycles. The smallest absolute Gasteiger partial charge is 0.257 e. The lowest BCUT2D eigenvalue weighted by Gasteiger charge is -2.00. The fraction of sp³-hybridized carbons (Fsp3) is 0.0909. The molecule has 1 amide bonds. The van der Waals surface area contributed by atoms with Gasteiger partial charge in [0.1, 0.15) is 5.01 Å². The zero-order chi connectivity index (χ0) is 12.5. The van der Waals surface area contributed by atoms with Crippen LogP contribution >= 0.6 is 11.3 Å². The van der Waals surface area contributed by atoms with Crippen molar-refractivity contribution in [3.05, 3.63) is 35.0 Å². The Hall–Kier alpha value is -2.28. The number of aromatic amines is 1. The van der Waals surface area contributed by atoms with Gasteiger partial charge in [-0.05, 0) is 19.1 Å². The van der Waals surface area contributed by atoms with Crippen LogP contribution in [0.25, 0.3) is 10.9 Å². The van der Waals surface area contributed by atoms with Crippen LogP contribution in [0.1, 0.15) is 15.4 Å². The van der Waals surface area contributed by atoms with Gasteiger partial charge in [-0.15, -0.1) is 10.2 Å². The first-order valence-corrected chi connectivity index (χ1v) is 6.08. The highest BCUT2D eigenvalue weighted by molar-refractivity contribution is 7.15. The molecule has 0 bridgehead atoms. The minimum absolute atomic E-state index is 0.206. The highest BCUT2D eigenvalue weighted by Crippen LogP contribution is 2.17. The minimum atomic E-state index is -0.206. The van der Waals surface area contributed by atoms with Crippen molar-refractivity contribution in [1.29, 1.82) is 0 Å². The maximum Gasteiger partial charge on any atom is 0.257 e. The zero-order valence-corrected chi connectivity index (χ0v) is 10.3. The summed E-state index contributed by atoms with van der Waals surface area (Å²) in [6, 6.07) is 5.35. The number of rotatable bonds is 2. The van der Waals surface area contributed by atoms with Crippen molar-refractivity contribution in [2.45, 2.75) is 6.92 Å². The average molecular weight is 259 g/mol. The molecule has 0 radical (unpaired) electrons. The Morgan fingerprint density at radius 2 is 2.28 bits per heavy atom. The monoisotopic (exact) mass is 259 g/mol. The Morgan fingerprint density at radius 1 is 1.39 bits per heavy atom. The molecule has 6 nitrogen and oxygen atoms in total. The molecule has 3 aromatic rings. The molecule has 3 rings (SSSR count). The van der Waals surface area contributed by atoms with E-state index in [1.165, 1.54) is 11.3 Å². The number of carbonyl (C=O) groups is 1. The van der Waals surface area contributed by atoms with Crippen LogP contribution in [-0.2, 0) is 0 Å². The number of hydrogen-bond acceptors (Lipinski definition) is 5. The summed E-state index contributed by atoms with van der Waals surface area (Å²) in [7, 11) is 0. The number of aromatic nitrogens is 4. The summed E-state index contributed by atoms with van der Waals surface area (Å²) in [5, 5.41) is 19.4. The molecule has 0 aliphatic rings. The number of amides is 1. The molecule has 0 aliphatic heterocycles. The summed E-state index contributed by atoms with van der Waals surface area (Å²) in [5.41, 5.74) is 1.38. The SMILES string of the molecule is Cc1nnc(NC(=O)c2ccc3cn[nH]c3c2)s1. The van der Waals surface area contributed by atoms with E-state index >= 15 is 0 Å². The van der Waals surface area contributed by atoms with Gasteiger partial charge in [-0.3, -0.25) is 15.2 Å². The van der Waals surface area contributed by atoms with Gasteiger partial charge in [-0.1, -0.05) is 17.4 Å². The summed E-state index contributed by atoms with van der Waals surface area (Å²) in [4.78, 5) is 12.0. The molecule has 2 heterocycles. The van der Waals surface area contributed by atoms with E-state index in [0.29, 0.717) is 10.7 Å². The number of carbonyl (C=O) groups excluding carboxylic acids is 1. The lowest BCUT2D eigenvalue weighted by atomic mass is 10.1. The van der Waals surface area contributed by atoms with Crippen molar-refractivity contribution in [2.24, 2.45) is 0 Å². The van der Waals surface area contributed by atoms with E-state index in [2.05, 4.69) is 25.7 Å². The van der Waals surface area contributed by atoms with Crippen LogP contribution in [0.2, 0.25) is 0 Å². The van der Waals surface area contributed by atoms with Gasteiger partial charge in [0.05, 0.1) is 11.7 Å². The Labute approximate surface area is 106 Å². The van der Waals surface area contributed by atoms with Crippen LogP contribution < -0.4 is 5.32 Å². The van der Waals surface area contributed by atoms with Gasteiger partial charge < -0.3 is 0 Å². The predicted molar refractivity (Wildman–Crippen MR) is 68.7 cm³/mol. The number of H-pyrrole nitrogens is 1. The van der Waals surface area contributed by atoms with Gasteiger partial charge in [0.25, 0.3) is 5.91 Å². The lowest BCUT2D eigenvalue weighted by Crippen LogP contribution is -2.11. The molecule has 0 saturated carbocycles. The molecular formula is C11H9N5OS. The van der Waals surface area contributed by atoms with E-state index in [9.17, 15) is 4.79 Å². The summed E-state index contributed by atoms with van der Waals surface area (Å²) in [6.45, 7) is 1.84. The summed E-state index contributed by atoms with van der Waals surface area (Å²) >= 11 is 1.34. The third kappa shape index (κ3) is 1.95. The van der Waals surface area contributed by atoms with Crippen LogP contribution in [0, 0.1) is 6.92 Å². The Morgan fingerprint density at radius 3 is 3.06 bits per heavy atom.